The van der Waals surface area contributed by atoms with Gasteiger partial charge in [-0.15, -0.1) is 0 Å². The van der Waals surface area contributed by atoms with Crippen LogP contribution in [0.5, 0.6) is 0 Å². The maximum absolute atomic E-state index is 13.0. The minimum Gasteiger partial charge on any atom is -0.295 e. The second-order valence-electron chi connectivity index (χ2n) is 5.39. The van der Waals surface area contributed by atoms with Gasteiger partial charge in [-0.25, -0.2) is 9.97 Å². The second kappa shape index (κ2) is 4.53. The van der Waals surface area contributed by atoms with E-state index in [2.05, 4.69) is 9.97 Å². The summed E-state index contributed by atoms with van der Waals surface area (Å²) in [6.07, 6.45) is 3.50. The molecule has 0 fully saturated rings. The summed E-state index contributed by atoms with van der Waals surface area (Å²) in [6.45, 7) is 3.85. The van der Waals surface area contributed by atoms with Gasteiger partial charge in [-0.05, 0) is 37.6 Å². The zero-order chi connectivity index (χ0) is 15.3. The van der Waals surface area contributed by atoms with E-state index in [0.29, 0.717) is 11.4 Å². The number of nitrogens with zero attached hydrogens (tertiary/aromatic N) is 4. The molecule has 0 atom stereocenters. The van der Waals surface area contributed by atoms with Gasteiger partial charge in [0.1, 0.15) is 17.7 Å². The molecule has 0 aliphatic heterocycles. The maximum atomic E-state index is 13.0. The lowest BCUT2D eigenvalue weighted by Crippen LogP contribution is -2.14. The summed E-state index contributed by atoms with van der Waals surface area (Å²) in [4.78, 5) is 21.8. The van der Waals surface area contributed by atoms with E-state index >= 15 is 0 Å². The first-order valence-electron chi connectivity index (χ1n) is 7.07. The van der Waals surface area contributed by atoms with Crippen LogP contribution >= 0.6 is 0 Å². The maximum Gasteiger partial charge on any atom is 0.282 e. The first kappa shape index (κ1) is 12.8. The van der Waals surface area contributed by atoms with E-state index in [-0.39, 0.29) is 5.91 Å². The number of carbonyl (C=O) groups is 1. The average Bonchev–Trinajstić information content (AvgIpc) is 3.07. The van der Waals surface area contributed by atoms with E-state index in [1.165, 1.54) is 0 Å². The lowest BCUT2D eigenvalue weighted by molar-refractivity contribution is 0.0958. The van der Waals surface area contributed by atoms with Gasteiger partial charge >= 0.3 is 0 Å². The third-order valence-corrected chi connectivity index (χ3v) is 3.82. The highest BCUT2D eigenvalue weighted by atomic mass is 16.2. The van der Waals surface area contributed by atoms with Crippen molar-refractivity contribution in [1.82, 2.24) is 18.9 Å². The van der Waals surface area contributed by atoms with Gasteiger partial charge in [0.2, 0.25) is 0 Å². The van der Waals surface area contributed by atoms with E-state index in [4.69, 9.17) is 0 Å². The van der Waals surface area contributed by atoms with Crippen molar-refractivity contribution < 1.29 is 4.79 Å². The van der Waals surface area contributed by atoms with Gasteiger partial charge in [0.05, 0.1) is 16.7 Å². The molecule has 4 aromatic rings. The van der Waals surface area contributed by atoms with Crippen molar-refractivity contribution in [3.8, 4) is 0 Å². The van der Waals surface area contributed by atoms with E-state index in [1.807, 2.05) is 60.8 Å². The van der Waals surface area contributed by atoms with Gasteiger partial charge in [0.15, 0.2) is 0 Å². The Morgan fingerprint density at radius 3 is 2.77 bits per heavy atom. The Labute approximate surface area is 126 Å². The normalized spacial score (nSPS) is 11.4. The second-order valence-corrected chi connectivity index (χ2v) is 5.39. The monoisotopic (exact) mass is 290 g/mol. The van der Waals surface area contributed by atoms with Crippen molar-refractivity contribution in [3.63, 3.8) is 0 Å². The number of pyridine rings is 1. The summed E-state index contributed by atoms with van der Waals surface area (Å²) in [5.41, 5.74) is 4.74. The SMILES string of the molecule is Cc1ccc2nc(C)c(C(=O)n3cnc4ccccc43)n2c1. The Hall–Kier alpha value is -2.95. The highest BCUT2D eigenvalue weighted by Crippen LogP contribution is 2.18. The molecule has 4 rings (SSSR count). The summed E-state index contributed by atoms with van der Waals surface area (Å²) >= 11 is 0. The molecule has 1 aromatic carbocycles. The van der Waals surface area contributed by atoms with E-state index in [9.17, 15) is 4.79 Å². The minimum absolute atomic E-state index is 0.121. The molecule has 0 unspecified atom stereocenters. The summed E-state index contributed by atoms with van der Waals surface area (Å²) in [7, 11) is 0. The number of aromatic nitrogens is 4. The molecule has 0 saturated carbocycles. The molecule has 0 aliphatic rings. The highest BCUT2D eigenvalue weighted by molar-refractivity contribution is 6.01. The number of para-hydroxylation sites is 2. The van der Waals surface area contributed by atoms with Gasteiger partial charge in [-0.1, -0.05) is 18.2 Å². The van der Waals surface area contributed by atoms with Crippen molar-refractivity contribution in [2.24, 2.45) is 0 Å². The summed E-state index contributed by atoms with van der Waals surface area (Å²) in [5.74, 6) is -0.121. The van der Waals surface area contributed by atoms with Crippen molar-refractivity contribution in [1.29, 1.82) is 0 Å². The minimum atomic E-state index is -0.121. The quantitative estimate of drug-likeness (QED) is 0.541. The van der Waals surface area contributed by atoms with Crippen LogP contribution in [0.1, 0.15) is 21.7 Å². The molecule has 0 aliphatic carbocycles. The van der Waals surface area contributed by atoms with Crippen LogP contribution in [0.15, 0.2) is 48.9 Å². The standard InChI is InChI=1S/C17H14N4O/c1-11-7-8-15-19-12(2)16(20(15)9-11)17(22)21-10-18-13-5-3-4-6-14(13)21/h3-10H,1-2H3. The molecule has 5 nitrogen and oxygen atoms in total. The number of hydrogen-bond donors (Lipinski definition) is 0. The first-order valence-corrected chi connectivity index (χ1v) is 7.07. The molecule has 0 bridgehead atoms. The van der Waals surface area contributed by atoms with Crippen molar-refractivity contribution in [2.45, 2.75) is 13.8 Å². The number of hydrogen-bond acceptors (Lipinski definition) is 3. The van der Waals surface area contributed by atoms with Crippen LogP contribution < -0.4 is 0 Å². The van der Waals surface area contributed by atoms with Crippen molar-refractivity contribution >= 4 is 22.6 Å². The fourth-order valence-electron chi connectivity index (χ4n) is 2.76. The smallest absolute Gasteiger partial charge is 0.282 e. The zero-order valence-corrected chi connectivity index (χ0v) is 12.3. The van der Waals surface area contributed by atoms with Crippen molar-refractivity contribution in [2.75, 3.05) is 0 Å². The van der Waals surface area contributed by atoms with Crippen LogP contribution in [0.25, 0.3) is 16.7 Å². The molecule has 22 heavy (non-hydrogen) atoms. The Balaban J connectivity index is 1.97. The molecule has 0 radical (unpaired) electrons. The van der Waals surface area contributed by atoms with Crippen molar-refractivity contribution in [3.05, 3.63) is 65.9 Å². The number of rotatable bonds is 1. The molecular formula is C17H14N4O. The fraction of sp³-hybridized carbons (Fsp3) is 0.118. The molecule has 108 valence electrons. The first-order chi connectivity index (χ1) is 10.6. The predicted octanol–water partition coefficient (Wildman–Crippen LogP) is 2.99. The van der Waals surface area contributed by atoms with Crippen LogP contribution in [0.4, 0.5) is 0 Å². The zero-order valence-electron chi connectivity index (χ0n) is 12.3. The van der Waals surface area contributed by atoms with Crippen LogP contribution in [-0.4, -0.2) is 24.8 Å². The third kappa shape index (κ3) is 1.75. The van der Waals surface area contributed by atoms with Crippen LogP contribution in [0.2, 0.25) is 0 Å². The van der Waals surface area contributed by atoms with Crippen LogP contribution in [0, 0.1) is 13.8 Å². The van der Waals surface area contributed by atoms with Gasteiger partial charge in [0.25, 0.3) is 5.91 Å². The average molecular weight is 290 g/mol. The highest BCUT2D eigenvalue weighted by Gasteiger charge is 2.20. The molecule has 3 heterocycles. The largest absolute Gasteiger partial charge is 0.295 e. The van der Waals surface area contributed by atoms with Gasteiger partial charge < -0.3 is 0 Å². The number of benzene rings is 1. The Morgan fingerprint density at radius 2 is 1.91 bits per heavy atom. The summed E-state index contributed by atoms with van der Waals surface area (Å²) in [6, 6.07) is 11.5. The fourth-order valence-corrected chi connectivity index (χ4v) is 2.76. The molecule has 0 N–H and O–H groups in total. The van der Waals surface area contributed by atoms with E-state index in [0.717, 1.165) is 22.2 Å². The molecule has 5 heteroatoms. The molecule has 0 saturated heterocycles. The summed E-state index contributed by atoms with van der Waals surface area (Å²) < 4.78 is 3.43. The Bertz CT molecular complexity index is 1030. The Kier molecular flexibility index (Phi) is 2.63. The predicted molar refractivity (Wildman–Crippen MR) is 84.1 cm³/mol. The lowest BCUT2D eigenvalue weighted by Gasteiger charge is -2.05. The van der Waals surface area contributed by atoms with Gasteiger partial charge in [-0.3, -0.25) is 13.8 Å². The molecule has 0 amide bonds. The van der Waals surface area contributed by atoms with Crippen LogP contribution in [0.3, 0.4) is 0 Å². The lowest BCUT2D eigenvalue weighted by atomic mass is 10.2. The number of fused-ring (bicyclic) bond motifs is 2. The van der Waals surface area contributed by atoms with Crippen LogP contribution in [-0.2, 0) is 0 Å². The number of carbonyl (C=O) groups excluding carboxylic acids is 1. The van der Waals surface area contributed by atoms with Gasteiger partial charge in [0, 0.05) is 6.20 Å². The van der Waals surface area contributed by atoms with Gasteiger partial charge in [-0.2, -0.15) is 0 Å². The summed E-state index contributed by atoms with van der Waals surface area (Å²) in [5, 5.41) is 0. The topological polar surface area (TPSA) is 52.2 Å². The van der Waals surface area contributed by atoms with E-state index < -0.39 is 0 Å². The third-order valence-electron chi connectivity index (χ3n) is 3.82. The number of imidazole rings is 2. The molecule has 0 spiro atoms. The molecule has 3 aromatic heterocycles. The Morgan fingerprint density at radius 1 is 1.09 bits per heavy atom. The van der Waals surface area contributed by atoms with E-state index in [1.54, 1.807) is 10.9 Å². The molecular weight excluding hydrogens is 276 g/mol. The number of aryl methyl sites for hydroxylation is 2.